The molecule has 0 fully saturated rings. The van der Waals surface area contributed by atoms with Crippen molar-refractivity contribution in [2.45, 2.75) is 33.7 Å². The van der Waals surface area contributed by atoms with Gasteiger partial charge in [0.25, 0.3) is 0 Å². The van der Waals surface area contributed by atoms with E-state index < -0.39 is 0 Å². The lowest BCUT2D eigenvalue weighted by atomic mass is 10.1. The number of hydrogen-bond acceptors (Lipinski definition) is 2. The molecule has 0 spiro atoms. The fourth-order valence-electron chi connectivity index (χ4n) is 1.37. The van der Waals surface area contributed by atoms with Gasteiger partial charge in [-0.15, -0.1) is 24.0 Å². The van der Waals surface area contributed by atoms with Crippen molar-refractivity contribution >= 4 is 41.3 Å². The Morgan fingerprint density at radius 3 is 2.72 bits per heavy atom. The number of aliphatic imine (C=N–C) groups is 1. The Labute approximate surface area is 131 Å². The van der Waals surface area contributed by atoms with Gasteiger partial charge in [-0.2, -0.15) is 11.3 Å². The van der Waals surface area contributed by atoms with Gasteiger partial charge >= 0.3 is 0 Å². The highest BCUT2D eigenvalue weighted by Gasteiger charge is 1.98. The van der Waals surface area contributed by atoms with Crippen LogP contribution in [0.3, 0.4) is 0 Å². The lowest BCUT2D eigenvalue weighted by Gasteiger charge is -2.12. The van der Waals surface area contributed by atoms with Crippen LogP contribution >= 0.6 is 35.3 Å². The van der Waals surface area contributed by atoms with Crippen LogP contribution < -0.4 is 10.6 Å². The Hall–Kier alpha value is -0.300. The molecule has 0 aliphatic heterocycles. The van der Waals surface area contributed by atoms with E-state index in [9.17, 15) is 0 Å². The molecule has 1 heterocycles. The molecule has 0 atom stereocenters. The van der Waals surface area contributed by atoms with Crippen molar-refractivity contribution in [1.82, 2.24) is 10.6 Å². The highest BCUT2D eigenvalue weighted by molar-refractivity contribution is 14.0. The van der Waals surface area contributed by atoms with Crippen LogP contribution in [0.5, 0.6) is 0 Å². The third kappa shape index (κ3) is 7.92. The third-order valence-electron chi connectivity index (χ3n) is 2.36. The van der Waals surface area contributed by atoms with Crippen LogP contribution in [-0.4, -0.2) is 19.0 Å². The van der Waals surface area contributed by atoms with E-state index in [1.807, 2.05) is 0 Å². The van der Waals surface area contributed by atoms with E-state index in [0.29, 0.717) is 0 Å². The van der Waals surface area contributed by atoms with Crippen LogP contribution in [0.25, 0.3) is 0 Å². The first-order valence-electron chi connectivity index (χ1n) is 6.25. The molecule has 18 heavy (non-hydrogen) atoms. The zero-order chi connectivity index (χ0) is 12.5. The summed E-state index contributed by atoms with van der Waals surface area (Å²) in [6, 6.07) is 2.12. The van der Waals surface area contributed by atoms with Gasteiger partial charge < -0.3 is 10.6 Å². The molecule has 1 aromatic heterocycles. The molecule has 0 radical (unpaired) electrons. The maximum Gasteiger partial charge on any atom is 0.191 e. The van der Waals surface area contributed by atoms with Gasteiger partial charge in [-0.3, -0.25) is 0 Å². The first kappa shape index (κ1) is 17.7. The Bertz CT molecular complexity index is 323. The number of rotatable bonds is 6. The minimum absolute atomic E-state index is 0. The second-order valence-electron chi connectivity index (χ2n) is 4.44. The molecule has 0 unspecified atom stereocenters. The van der Waals surface area contributed by atoms with E-state index in [1.165, 1.54) is 12.0 Å². The van der Waals surface area contributed by atoms with Crippen LogP contribution in [0.1, 0.15) is 32.8 Å². The predicted octanol–water partition coefficient (Wildman–Crippen LogP) is 3.47. The molecule has 0 aromatic carbocycles. The molecule has 2 N–H and O–H groups in total. The van der Waals surface area contributed by atoms with Crippen LogP contribution in [0.15, 0.2) is 21.8 Å². The van der Waals surface area contributed by atoms with E-state index in [1.54, 1.807) is 11.3 Å². The number of nitrogens with one attached hydrogen (secondary N) is 2. The van der Waals surface area contributed by atoms with Crippen LogP contribution in [0, 0.1) is 5.92 Å². The van der Waals surface area contributed by atoms with Gasteiger partial charge in [0.2, 0.25) is 0 Å². The van der Waals surface area contributed by atoms with E-state index >= 15 is 0 Å². The summed E-state index contributed by atoms with van der Waals surface area (Å²) in [5, 5.41) is 10.8. The summed E-state index contributed by atoms with van der Waals surface area (Å²) in [5.74, 6) is 1.64. The van der Waals surface area contributed by atoms with Gasteiger partial charge in [-0.25, -0.2) is 4.99 Å². The average Bonchev–Trinajstić information content (AvgIpc) is 2.78. The molecule has 5 heteroatoms. The predicted molar refractivity (Wildman–Crippen MR) is 92.0 cm³/mol. The van der Waals surface area contributed by atoms with Crippen LogP contribution in [-0.2, 0) is 6.54 Å². The fraction of sp³-hybridized carbons (Fsp3) is 0.615. The zero-order valence-electron chi connectivity index (χ0n) is 11.4. The quantitative estimate of drug-likeness (QED) is 0.450. The van der Waals surface area contributed by atoms with E-state index in [0.717, 1.165) is 31.5 Å². The second-order valence-corrected chi connectivity index (χ2v) is 5.22. The third-order valence-corrected chi connectivity index (χ3v) is 3.09. The first-order chi connectivity index (χ1) is 8.22. The fourth-order valence-corrected chi connectivity index (χ4v) is 2.03. The van der Waals surface area contributed by atoms with Gasteiger partial charge in [0.15, 0.2) is 5.96 Å². The molecular formula is C13H24IN3S. The standard InChI is InChI=1S/C13H23N3S.HI/c1-4-14-13(15-7-5-11(2)3)16-9-12-6-8-17-10-12;/h6,8,10-11H,4-5,7,9H2,1-3H3,(H2,14,15,16);1H. The molecule has 3 nitrogen and oxygen atoms in total. The van der Waals surface area contributed by atoms with Crippen molar-refractivity contribution in [1.29, 1.82) is 0 Å². The SMILES string of the molecule is CCNC(=NCc1ccsc1)NCCC(C)C.I. The van der Waals surface area contributed by atoms with Crippen molar-refractivity contribution < 1.29 is 0 Å². The molecule has 1 aromatic rings. The Morgan fingerprint density at radius 1 is 1.39 bits per heavy atom. The van der Waals surface area contributed by atoms with Gasteiger partial charge in [0, 0.05) is 13.1 Å². The number of guanidine groups is 1. The van der Waals surface area contributed by atoms with Crippen molar-refractivity contribution in [3.05, 3.63) is 22.4 Å². The molecule has 1 rings (SSSR count). The Morgan fingerprint density at radius 2 is 2.17 bits per heavy atom. The maximum absolute atomic E-state index is 4.55. The van der Waals surface area contributed by atoms with Crippen molar-refractivity contribution in [2.75, 3.05) is 13.1 Å². The normalized spacial score (nSPS) is 11.2. The number of thiophene rings is 1. The van der Waals surface area contributed by atoms with E-state index in [2.05, 4.69) is 53.2 Å². The van der Waals surface area contributed by atoms with E-state index in [4.69, 9.17) is 0 Å². The number of halogens is 1. The summed E-state index contributed by atoms with van der Waals surface area (Å²) in [5.41, 5.74) is 1.27. The first-order valence-corrected chi connectivity index (χ1v) is 7.20. The molecule has 104 valence electrons. The minimum Gasteiger partial charge on any atom is -0.357 e. The monoisotopic (exact) mass is 381 g/mol. The minimum atomic E-state index is 0. The zero-order valence-corrected chi connectivity index (χ0v) is 14.5. The van der Waals surface area contributed by atoms with E-state index in [-0.39, 0.29) is 24.0 Å². The topological polar surface area (TPSA) is 36.4 Å². The van der Waals surface area contributed by atoms with Crippen LogP contribution in [0.2, 0.25) is 0 Å². The lowest BCUT2D eigenvalue weighted by Crippen LogP contribution is -2.38. The van der Waals surface area contributed by atoms with Crippen LogP contribution in [0.4, 0.5) is 0 Å². The summed E-state index contributed by atoms with van der Waals surface area (Å²) in [7, 11) is 0. The summed E-state index contributed by atoms with van der Waals surface area (Å²) in [6.45, 7) is 9.18. The van der Waals surface area contributed by atoms with Gasteiger partial charge in [0.05, 0.1) is 6.54 Å². The highest BCUT2D eigenvalue weighted by atomic mass is 127. The van der Waals surface area contributed by atoms with Gasteiger partial charge in [0.1, 0.15) is 0 Å². The van der Waals surface area contributed by atoms with Gasteiger partial charge in [-0.05, 0) is 41.7 Å². The molecule has 0 amide bonds. The van der Waals surface area contributed by atoms with Gasteiger partial charge in [-0.1, -0.05) is 13.8 Å². The Balaban J connectivity index is 0.00000289. The molecule has 0 bridgehead atoms. The summed E-state index contributed by atoms with van der Waals surface area (Å²) < 4.78 is 0. The summed E-state index contributed by atoms with van der Waals surface area (Å²) in [6.07, 6.45) is 1.17. The average molecular weight is 381 g/mol. The Kier molecular flexibility index (Phi) is 10.4. The summed E-state index contributed by atoms with van der Waals surface area (Å²) in [4.78, 5) is 4.55. The number of hydrogen-bond donors (Lipinski definition) is 2. The highest BCUT2D eigenvalue weighted by Crippen LogP contribution is 2.06. The smallest absolute Gasteiger partial charge is 0.191 e. The molecule has 0 aliphatic rings. The van der Waals surface area contributed by atoms with Crippen molar-refractivity contribution in [3.8, 4) is 0 Å². The van der Waals surface area contributed by atoms with Crippen molar-refractivity contribution in [2.24, 2.45) is 10.9 Å². The largest absolute Gasteiger partial charge is 0.357 e. The lowest BCUT2D eigenvalue weighted by molar-refractivity contribution is 0.573. The molecule has 0 saturated carbocycles. The number of nitrogens with zero attached hydrogens (tertiary/aromatic N) is 1. The second kappa shape index (κ2) is 10.6. The summed E-state index contributed by atoms with van der Waals surface area (Å²) >= 11 is 1.72. The molecule has 0 aliphatic carbocycles. The molecular weight excluding hydrogens is 357 g/mol. The maximum atomic E-state index is 4.55. The molecule has 0 saturated heterocycles. The van der Waals surface area contributed by atoms with Crippen molar-refractivity contribution in [3.63, 3.8) is 0 Å².